The van der Waals surface area contributed by atoms with Crippen LogP contribution >= 0.6 is 11.8 Å². The number of H-pyrrole nitrogens is 1. The topological polar surface area (TPSA) is 133 Å². The minimum absolute atomic E-state index is 0.00392. The van der Waals surface area contributed by atoms with Gasteiger partial charge in [-0.25, -0.2) is 0 Å². The Morgan fingerprint density at radius 3 is 2.43 bits per heavy atom. The molecule has 0 saturated carbocycles. The van der Waals surface area contributed by atoms with E-state index < -0.39 is 20.6 Å². The molecule has 1 aliphatic heterocycles. The molecule has 0 bridgehead atoms. The van der Waals surface area contributed by atoms with Gasteiger partial charge in [-0.15, -0.1) is 11.8 Å². The first-order valence-corrected chi connectivity index (χ1v) is 19.0. The molecule has 3 heterocycles. The number of carbonyl (C=O) groups is 1. The zero-order chi connectivity index (χ0) is 33.6. The molecule has 0 radical (unpaired) electrons. The number of Topliss-reactive ketones (excluding diaryl/α,β-unsaturated/α-hetero) is 1. The second kappa shape index (κ2) is 15.0. The van der Waals surface area contributed by atoms with Crippen molar-refractivity contribution < 1.29 is 18.7 Å². The monoisotopic (exact) mass is 673 g/mol. The molecule has 1 saturated heterocycles. The molecule has 0 spiro atoms. The van der Waals surface area contributed by atoms with Crippen LogP contribution in [0.3, 0.4) is 0 Å². The molecule has 10 nitrogen and oxygen atoms in total. The van der Waals surface area contributed by atoms with Crippen molar-refractivity contribution in [2.45, 2.75) is 57.6 Å². The van der Waals surface area contributed by atoms with Crippen LogP contribution in [0.5, 0.6) is 0 Å². The second-order valence-electron chi connectivity index (χ2n) is 12.7. The van der Waals surface area contributed by atoms with E-state index in [0.29, 0.717) is 42.1 Å². The minimum atomic E-state index is -2.83. The first-order valence-electron chi connectivity index (χ1n) is 15.7. The fourth-order valence-corrected chi connectivity index (χ4v) is 11.1. The molecule has 12 heteroatoms. The highest BCUT2D eigenvalue weighted by Crippen LogP contribution is 2.39. The van der Waals surface area contributed by atoms with Crippen LogP contribution in [0.1, 0.15) is 45.9 Å². The van der Waals surface area contributed by atoms with Crippen molar-refractivity contribution >= 4 is 53.2 Å². The van der Waals surface area contributed by atoms with E-state index >= 15 is 0 Å². The van der Waals surface area contributed by atoms with Gasteiger partial charge < -0.3 is 24.2 Å². The Balaban J connectivity index is 1.49. The van der Waals surface area contributed by atoms with E-state index in [4.69, 9.17) is 19.6 Å². The van der Waals surface area contributed by atoms with Crippen molar-refractivity contribution in [2.75, 3.05) is 37.6 Å². The molecule has 1 fully saturated rings. The fourth-order valence-electron chi connectivity index (χ4n) is 6.25. The van der Waals surface area contributed by atoms with Crippen LogP contribution in [-0.2, 0) is 18.7 Å². The predicted octanol–water partition coefficient (Wildman–Crippen LogP) is 3.41. The SMILES string of the molecule is CSCOC1CC(n2cc(C#CCNCC(C)=O)c3c(=O)[nH]c(N)nc32)OC1CO[Si](c1ccccc1)(c1ccccc1)C(C)(C)C. The average molecular weight is 674 g/mol. The lowest BCUT2D eigenvalue weighted by Gasteiger charge is -2.43. The number of rotatable bonds is 12. The van der Waals surface area contributed by atoms with E-state index in [1.54, 1.807) is 18.0 Å². The van der Waals surface area contributed by atoms with Crippen LogP contribution in [-0.4, -0.2) is 72.7 Å². The van der Waals surface area contributed by atoms with Gasteiger partial charge in [0.25, 0.3) is 13.9 Å². The average Bonchev–Trinajstić information content (AvgIpc) is 3.61. The molecule has 4 aromatic rings. The number of nitrogen functional groups attached to an aromatic ring is 1. The van der Waals surface area contributed by atoms with Gasteiger partial charge in [-0.1, -0.05) is 93.3 Å². The number of ether oxygens (including phenoxy) is 2. The third-order valence-corrected chi connectivity index (χ3v) is 13.7. The van der Waals surface area contributed by atoms with Crippen molar-refractivity contribution in [3.05, 3.63) is 82.8 Å². The Bertz CT molecular complexity index is 1760. The largest absolute Gasteiger partial charge is 0.405 e. The number of ketones is 1. The van der Waals surface area contributed by atoms with Crippen molar-refractivity contribution in [3.63, 3.8) is 0 Å². The van der Waals surface area contributed by atoms with Crippen molar-refractivity contribution in [1.29, 1.82) is 0 Å². The smallest absolute Gasteiger partial charge is 0.263 e. The Morgan fingerprint density at radius 2 is 1.83 bits per heavy atom. The fraction of sp³-hybridized carbons (Fsp3) is 0.400. The zero-order valence-corrected chi connectivity index (χ0v) is 29.4. The highest BCUT2D eigenvalue weighted by Gasteiger charge is 2.51. The molecule has 1 aliphatic rings. The number of thioether (sulfide) groups is 1. The maximum Gasteiger partial charge on any atom is 0.263 e. The van der Waals surface area contributed by atoms with Crippen LogP contribution < -0.4 is 27.0 Å². The Kier molecular flexibility index (Phi) is 11.1. The predicted molar refractivity (Wildman–Crippen MR) is 191 cm³/mol. The Labute approximate surface area is 280 Å². The molecule has 3 unspecified atom stereocenters. The first-order chi connectivity index (χ1) is 22.5. The van der Waals surface area contributed by atoms with Gasteiger partial charge in [-0.05, 0) is 28.6 Å². The number of fused-ring (bicyclic) bond motifs is 1. The van der Waals surface area contributed by atoms with Crippen LogP contribution in [0.15, 0.2) is 71.7 Å². The third kappa shape index (κ3) is 7.56. The molecule has 0 amide bonds. The number of hydrogen-bond acceptors (Lipinski definition) is 9. The van der Waals surface area contributed by atoms with Gasteiger partial charge in [0.15, 0.2) is 5.65 Å². The molecule has 4 N–H and O–H groups in total. The lowest BCUT2D eigenvalue weighted by molar-refractivity contribution is -0.116. The summed E-state index contributed by atoms with van der Waals surface area (Å²) >= 11 is 1.60. The van der Waals surface area contributed by atoms with Gasteiger partial charge in [0.2, 0.25) is 5.95 Å². The number of carbonyl (C=O) groups excluding carboxylic acids is 1. The Hall–Kier alpha value is -3.70. The molecule has 5 rings (SSSR count). The summed E-state index contributed by atoms with van der Waals surface area (Å²) in [7, 11) is -2.83. The molecule has 248 valence electrons. The Morgan fingerprint density at radius 1 is 1.17 bits per heavy atom. The van der Waals surface area contributed by atoms with Gasteiger partial charge in [0.05, 0.1) is 42.7 Å². The van der Waals surface area contributed by atoms with E-state index in [0.717, 1.165) is 0 Å². The lowest BCUT2D eigenvalue weighted by Crippen LogP contribution is -2.67. The van der Waals surface area contributed by atoms with E-state index in [-0.39, 0.29) is 35.0 Å². The first kappa shape index (κ1) is 34.6. The number of anilines is 1. The summed E-state index contributed by atoms with van der Waals surface area (Å²) in [5.41, 5.74) is 6.49. The van der Waals surface area contributed by atoms with Gasteiger partial charge in [-0.3, -0.25) is 19.9 Å². The number of nitrogens with zero attached hydrogens (tertiary/aromatic N) is 2. The summed E-state index contributed by atoms with van der Waals surface area (Å²) in [6.45, 7) is 9.07. The van der Waals surface area contributed by atoms with Gasteiger partial charge in [0, 0.05) is 12.6 Å². The summed E-state index contributed by atoms with van der Waals surface area (Å²) in [5.74, 6) is 6.59. The van der Waals surface area contributed by atoms with Crippen LogP contribution in [0.4, 0.5) is 5.95 Å². The molecule has 3 atom stereocenters. The number of nitrogens with two attached hydrogens (primary N) is 1. The van der Waals surface area contributed by atoms with Gasteiger partial charge >= 0.3 is 0 Å². The maximum absolute atomic E-state index is 13.1. The molecular formula is C35H43N5O5SSi. The van der Waals surface area contributed by atoms with E-state index in [1.807, 2.05) is 23.0 Å². The van der Waals surface area contributed by atoms with Crippen LogP contribution in [0.25, 0.3) is 11.0 Å². The van der Waals surface area contributed by atoms with E-state index in [2.05, 4.69) is 96.4 Å². The summed E-state index contributed by atoms with van der Waals surface area (Å²) < 4.78 is 22.1. The number of aromatic nitrogens is 3. The summed E-state index contributed by atoms with van der Waals surface area (Å²) in [6, 6.07) is 21.0. The number of hydrogen-bond donors (Lipinski definition) is 3. The van der Waals surface area contributed by atoms with Crippen molar-refractivity contribution in [1.82, 2.24) is 19.9 Å². The number of nitrogens with one attached hydrogen (secondary N) is 2. The quantitative estimate of drug-likeness (QED) is 0.0896. The summed E-state index contributed by atoms with van der Waals surface area (Å²) in [5, 5.41) is 5.48. The molecule has 47 heavy (non-hydrogen) atoms. The molecule has 2 aromatic carbocycles. The molecular weight excluding hydrogens is 631 g/mol. The summed E-state index contributed by atoms with van der Waals surface area (Å²) in [4.78, 5) is 31.4. The lowest BCUT2D eigenvalue weighted by atomic mass is 10.2. The second-order valence-corrected chi connectivity index (χ2v) is 17.8. The highest BCUT2D eigenvalue weighted by atomic mass is 32.2. The number of aromatic amines is 1. The summed E-state index contributed by atoms with van der Waals surface area (Å²) in [6.07, 6.45) is 3.13. The van der Waals surface area contributed by atoms with Crippen LogP contribution in [0.2, 0.25) is 5.04 Å². The van der Waals surface area contributed by atoms with Gasteiger partial charge in [0.1, 0.15) is 18.1 Å². The normalized spacial score (nSPS) is 18.3. The zero-order valence-electron chi connectivity index (χ0n) is 27.5. The van der Waals surface area contributed by atoms with E-state index in [1.165, 1.54) is 17.3 Å². The van der Waals surface area contributed by atoms with E-state index in [9.17, 15) is 9.59 Å². The molecule has 2 aromatic heterocycles. The van der Waals surface area contributed by atoms with Crippen LogP contribution in [0, 0.1) is 11.8 Å². The molecule has 0 aliphatic carbocycles. The van der Waals surface area contributed by atoms with Gasteiger partial charge in [-0.2, -0.15) is 4.98 Å². The third-order valence-electron chi connectivity index (χ3n) is 8.28. The standard InChI is InChI=1S/C35H43N5O5SSi/c1-24(41)20-37-18-12-13-25-21-40(32-31(25)33(42)39-34(36)38-32)30-19-28(43-23-46-5)29(45-30)22-44-47(35(2,3)4,26-14-8-6-9-15-26)27-16-10-7-11-17-27/h6-11,14-17,21,28-30,37H,18-20,22-23H2,1-5H3,(H3,36,38,39,42). The maximum atomic E-state index is 13.1. The van der Waals surface area contributed by atoms with Crippen molar-refractivity contribution in [2.24, 2.45) is 0 Å². The number of benzene rings is 2. The minimum Gasteiger partial charge on any atom is -0.405 e. The van der Waals surface area contributed by atoms with Crippen molar-refractivity contribution in [3.8, 4) is 11.8 Å². The highest BCUT2D eigenvalue weighted by molar-refractivity contribution is 7.98.